The quantitative estimate of drug-likeness (QED) is 0.897. The van der Waals surface area contributed by atoms with Gasteiger partial charge in [0.1, 0.15) is 5.82 Å². The Labute approximate surface area is 119 Å². The van der Waals surface area contributed by atoms with Gasteiger partial charge in [0.05, 0.1) is 0 Å². The Balaban J connectivity index is 1.72. The Kier molecular flexibility index (Phi) is 3.83. The summed E-state index contributed by atoms with van der Waals surface area (Å²) >= 11 is 0. The molecule has 0 aromatic heterocycles. The van der Waals surface area contributed by atoms with Crippen LogP contribution in [0, 0.1) is 11.7 Å². The number of hydrogen-bond acceptors (Lipinski definition) is 1. The van der Waals surface area contributed by atoms with Gasteiger partial charge in [-0.25, -0.2) is 4.39 Å². The lowest BCUT2D eigenvalue weighted by atomic mass is 9.91. The number of benzene rings is 2. The van der Waals surface area contributed by atoms with Gasteiger partial charge in [0.25, 0.3) is 0 Å². The number of fused-ring (bicyclic) bond motifs is 1. The molecule has 0 saturated carbocycles. The molecule has 0 amide bonds. The lowest BCUT2D eigenvalue weighted by Gasteiger charge is -2.23. The van der Waals surface area contributed by atoms with Crippen molar-refractivity contribution in [2.24, 2.45) is 5.92 Å². The zero-order valence-corrected chi connectivity index (χ0v) is 11.8. The topological polar surface area (TPSA) is 12.0 Å². The number of likely N-dealkylation sites (N-methyl/N-ethyl adjacent to an activating group) is 1. The van der Waals surface area contributed by atoms with Gasteiger partial charge < -0.3 is 5.32 Å². The maximum atomic E-state index is 13.3. The van der Waals surface area contributed by atoms with Gasteiger partial charge in [0.2, 0.25) is 0 Å². The molecule has 0 bridgehead atoms. The summed E-state index contributed by atoms with van der Waals surface area (Å²) in [6, 6.07) is 16.0. The smallest absolute Gasteiger partial charge is 0.123 e. The molecule has 0 aliphatic heterocycles. The summed E-state index contributed by atoms with van der Waals surface area (Å²) in [4.78, 5) is 0. The van der Waals surface area contributed by atoms with Crippen molar-refractivity contribution in [1.29, 1.82) is 0 Å². The van der Waals surface area contributed by atoms with Crippen LogP contribution in [0.15, 0.2) is 48.5 Å². The largest absolute Gasteiger partial charge is 0.316 e. The van der Waals surface area contributed by atoms with E-state index in [0.29, 0.717) is 12.0 Å². The molecule has 1 N–H and O–H groups in total. The molecule has 0 fully saturated rings. The van der Waals surface area contributed by atoms with Gasteiger partial charge in [-0.2, -0.15) is 0 Å². The summed E-state index contributed by atoms with van der Waals surface area (Å²) < 4.78 is 13.3. The van der Waals surface area contributed by atoms with Crippen LogP contribution < -0.4 is 5.32 Å². The number of nitrogens with one attached hydrogen (secondary N) is 1. The van der Waals surface area contributed by atoms with E-state index in [0.717, 1.165) is 24.8 Å². The van der Waals surface area contributed by atoms with E-state index < -0.39 is 0 Å². The summed E-state index contributed by atoms with van der Waals surface area (Å²) in [7, 11) is 2.01. The van der Waals surface area contributed by atoms with Gasteiger partial charge in [0, 0.05) is 6.04 Å². The summed E-state index contributed by atoms with van der Waals surface area (Å²) in [5.41, 5.74) is 4.01. The van der Waals surface area contributed by atoms with E-state index in [2.05, 4.69) is 29.6 Å². The van der Waals surface area contributed by atoms with Gasteiger partial charge in [-0.15, -0.1) is 0 Å². The van der Waals surface area contributed by atoms with Crippen molar-refractivity contribution in [3.05, 3.63) is 71.0 Å². The number of hydrogen-bond donors (Lipinski definition) is 1. The zero-order valence-electron chi connectivity index (χ0n) is 11.8. The normalized spacial score (nSPS) is 16.1. The van der Waals surface area contributed by atoms with Crippen molar-refractivity contribution in [2.75, 3.05) is 7.05 Å². The van der Waals surface area contributed by atoms with Crippen LogP contribution in [0.3, 0.4) is 0 Å². The van der Waals surface area contributed by atoms with Crippen molar-refractivity contribution >= 4 is 0 Å². The fraction of sp³-hybridized carbons (Fsp3) is 0.333. The van der Waals surface area contributed by atoms with Gasteiger partial charge >= 0.3 is 0 Å². The van der Waals surface area contributed by atoms with E-state index >= 15 is 0 Å². The molecule has 1 unspecified atom stereocenters. The summed E-state index contributed by atoms with van der Waals surface area (Å²) in [5, 5.41) is 3.42. The average molecular weight is 269 g/mol. The first-order valence-electron chi connectivity index (χ1n) is 7.25. The van der Waals surface area contributed by atoms with Crippen molar-refractivity contribution < 1.29 is 4.39 Å². The minimum Gasteiger partial charge on any atom is -0.316 e. The van der Waals surface area contributed by atoms with E-state index in [-0.39, 0.29) is 5.82 Å². The maximum absolute atomic E-state index is 13.3. The van der Waals surface area contributed by atoms with Gasteiger partial charge in [-0.05, 0) is 61.1 Å². The molecule has 2 aromatic rings. The molecule has 0 spiro atoms. The van der Waals surface area contributed by atoms with Gasteiger partial charge in [-0.3, -0.25) is 0 Å². The zero-order chi connectivity index (χ0) is 13.9. The molecule has 2 aromatic carbocycles. The molecular formula is C18H20FN. The first-order valence-corrected chi connectivity index (χ1v) is 7.25. The van der Waals surface area contributed by atoms with E-state index in [1.807, 2.05) is 13.1 Å². The van der Waals surface area contributed by atoms with Crippen molar-refractivity contribution in [1.82, 2.24) is 5.32 Å². The monoisotopic (exact) mass is 269 g/mol. The molecule has 104 valence electrons. The molecule has 0 heterocycles. The molecule has 0 saturated heterocycles. The highest BCUT2D eigenvalue weighted by atomic mass is 19.1. The highest BCUT2D eigenvalue weighted by Crippen LogP contribution is 2.29. The summed E-state index contributed by atoms with van der Waals surface area (Å²) in [6.07, 6.45) is 3.13. The van der Waals surface area contributed by atoms with Crippen LogP contribution >= 0.6 is 0 Å². The fourth-order valence-electron chi connectivity index (χ4n) is 3.30. The van der Waals surface area contributed by atoms with E-state index in [1.165, 1.54) is 17.2 Å². The highest BCUT2D eigenvalue weighted by Gasteiger charge is 2.27. The molecule has 1 aliphatic rings. The highest BCUT2D eigenvalue weighted by molar-refractivity contribution is 5.33. The van der Waals surface area contributed by atoms with Crippen LogP contribution in [0.5, 0.6) is 0 Å². The second kappa shape index (κ2) is 5.76. The molecule has 1 aliphatic carbocycles. The SMILES string of the molecule is CNC(Cc1cccc(F)c1)C1Cc2ccccc2C1. The predicted octanol–water partition coefficient (Wildman–Crippen LogP) is 3.37. The van der Waals surface area contributed by atoms with Crippen LogP contribution in [0.25, 0.3) is 0 Å². The standard InChI is InChI=1S/C18H20FN/c1-20-18(10-13-5-4-8-17(19)9-13)16-11-14-6-2-3-7-15(14)12-16/h2-9,16,18,20H,10-12H2,1H3. The van der Waals surface area contributed by atoms with Crippen LogP contribution in [0.4, 0.5) is 4.39 Å². The fourth-order valence-corrected chi connectivity index (χ4v) is 3.30. The molecular weight excluding hydrogens is 249 g/mol. The third-order valence-electron chi connectivity index (χ3n) is 4.37. The predicted molar refractivity (Wildman–Crippen MR) is 80.3 cm³/mol. The Bertz CT molecular complexity index is 568. The Hall–Kier alpha value is -1.67. The third-order valence-corrected chi connectivity index (χ3v) is 4.37. The van der Waals surface area contributed by atoms with E-state index in [4.69, 9.17) is 0 Å². The molecule has 20 heavy (non-hydrogen) atoms. The second-order valence-electron chi connectivity index (χ2n) is 5.67. The second-order valence-corrected chi connectivity index (χ2v) is 5.67. The molecule has 3 rings (SSSR count). The minimum atomic E-state index is -0.146. The van der Waals surface area contributed by atoms with Crippen LogP contribution in [0.2, 0.25) is 0 Å². The van der Waals surface area contributed by atoms with Crippen LogP contribution in [-0.4, -0.2) is 13.1 Å². The lowest BCUT2D eigenvalue weighted by Crippen LogP contribution is -2.36. The van der Waals surface area contributed by atoms with Crippen molar-refractivity contribution in [2.45, 2.75) is 25.3 Å². The molecule has 2 heteroatoms. The molecule has 1 nitrogen and oxygen atoms in total. The average Bonchev–Trinajstić information content (AvgIpc) is 2.88. The van der Waals surface area contributed by atoms with Gasteiger partial charge in [0.15, 0.2) is 0 Å². The summed E-state index contributed by atoms with van der Waals surface area (Å²) in [6.45, 7) is 0. The van der Waals surface area contributed by atoms with Gasteiger partial charge in [-0.1, -0.05) is 36.4 Å². The Morgan fingerprint density at radius 2 is 1.80 bits per heavy atom. The lowest BCUT2D eigenvalue weighted by molar-refractivity contribution is 0.383. The minimum absolute atomic E-state index is 0.146. The number of halogens is 1. The maximum Gasteiger partial charge on any atom is 0.123 e. The van der Waals surface area contributed by atoms with E-state index in [9.17, 15) is 4.39 Å². The first-order chi connectivity index (χ1) is 9.76. The third kappa shape index (κ3) is 2.75. The van der Waals surface area contributed by atoms with Crippen LogP contribution in [0.1, 0.15) is 16.7 Å². The van der Waals surface area contributed by atoms with Crippen molar-refractivity contribution in [3.63, 3.8) is 0 Å². The van der Waals surface area contributed by atoms with Crippen molar-refractivity contribution in [3.8, 4) is 0 Å². The molecule has 0 radical (unpaired) electrons. The summed E-state index contributed by atoms with van der Waals surface area (Å²) in [5.74, 6) is 0.452. The van der Waals surface area contributed by atoms with E-state index in [1.54, 1.807) is 12.1 Å². The first kappa shape index (κ1) is 13.3. The molecule has 1 atom stereocenters. The Morgan fingerprint density at radius 1 is 1.10 bits per heavy atom. The Morgan fingerprint density at radius 3 is 2.40 bits per heavy atom. The number of rotatable bonds is 4. The van der Waals surface area contributed by atoms with Crippen LogP contribution in [-0.2, 0) is 19.3 Å².